The molecule has 1 aromatic rings. The highest BCUT2D eigenvalue weighted by Gasteiger charge is 2.26. The molecule has 1 aliphatic carbocycles. The zero-order valence-corrected chi connectivity index (χ0v) is 11.1. The average Bonchev–Trinajstić information content (AvgIpc) is 3.20. The monoisotopic (exact) mass is 246 g/mol. The van der Waals surface area contributed by atoms with E-state index in [9.17, 15) is 4.79 Å². The molecule has 98 valence electrons. The third-order valence-corrected chi connectivity index (χ3v) is 3.38. The van der Waals surface area contributed by atoms with E-state index in [0.29, 0.717) is 6.04 Å². The maximum absolute atomic E-state index is 11.9. The second-order valence-electron chi connectivity index (χ2n) is 5.04. The van der Waals surface area contributed by atoms with Crippen molar-refractivity contribution < 1.29 is 4.79 Å². The molecule has 1 amide bonds. The van der Waals surface area contributed by atoms with Crippen LogP contribution in [-0.4, -0.2) is 18.0 Å². The minimum absolute atomic E-state index is 0.117. The standard InChI is InChI=1S/C15H22N2O/c1-3-14(12-7-5-4-6-8-12)16-11(2)15(18)17-13-9-10-13/h4-8,11,13-14,16H,3,9-10H2,1-2H3,(H,17,18). The third kappa shape index (κ3) is 3.57. The van der Waals surface area contributed by atoms with Crippen LogP contribution >= 0.6 is 0 Å². The molecule has 3 heteroatoms. The summed E-state index contributed by atoms with van der Waals surface area (Å²) in [4.78, 5) is 11.9. The molecule has 18 heavy (non-hydrogen) atoms. The zero-order valence-electron chi connectivity index (χ0n) is 11.1. The third-order valence-electron chi connectivity index (χ3n) is 3.38. The fourth-order valence-corrected chi connectivity index (χ4v) is 2.07. The van der Waals surface area contributed by atoms with E-state index in [-0.39, 0.29) is 18.0 Å². The van der Waals surface area contributed by atoms with E-state index < -0.39 is 0 Å². The molecule has 0 heterocycles. The lowest BCUT2D eigenvalue weighted by molar-refractivity contribution is -0.123. The van der Waals surface area contributed by atoms with Gasteiger partial charge in [0.05, 0.1) is 6.04 Å². The number of hydrogen-bond acceptors (Lipinski definition) is 2. The van der Waals surface area contributed by atoms with Gasteiger partial charge in [0.15, 0.2) is 0 Å². The molecule has 0 saturated heterocycles. The van der Waals surface area contributed by atoms with Crippen LogP contribution in [0, 0.1) is 0 Å². The van der Waals surface area contributed by atoms with E-state index in [4.69, 9.17) is 0 Å². The predicted octanol–water partition coefficient (Wildman–Crippen LogP) is 2.39. The number of benzene rings is 1. The molecule has 0 radical (unpaired) electrons. The van der Waals surface area contributed by atoms with Crippen LogP contribution in [0.3, 0.4) is 0 Å². The molecule has 1 fully saturated rings. The van der Waals surface area contributed by atoms with Gasteiger partial charge in [-0.2, -0.15) is 0 Å². The van der Waals surface area contributed by atoms with Crippen LogP contribution in [0.25, 0.3) is 0 Å². The summed E-state index contributed by atoms with van der Waals surface area (Å²) in [5, 5.41) is 6.44. The molecule has 2 rings (SSSR count). The Morgan fingerprint density at radius 2 is 2.00 bits per heavy atom. The van der Waals surface area contributed by atoms with Crippen molar-refractivity contribution in [3.8, 4) is 0 Å². The fraction of sp³-hybridized carbons (Fsp3) is 0.533. The Bertz CT molecular complexity index is 387. The Morgan fingerprint density at radius 3 is 2.56 bits per heavy atom. The van der Waals surface area contributed by atoms with Crippen LogP contribution in [0.2, 0.25) is 0 Å². The Hall–Kier alpha value is -1.35. The van der Waals surface area contributed by atoms with Gasteiger partial charge in [0.25, 0.3) is 0 Å². The Kier molecular flexibility index (Phi) is 4.37. The Morgan fingerprint density at radius 1 is 1.33 bits per heavy atom. The highest BCUT2D eigenvalue weighted by Crippen LogP contribution is 2.19. The van der Waals surface area contributed by atoms with Crippen molar-refractivity contribution in [2.45, 2.75) is 51.2 Å². The second-order valence-corrected chi connectivity index (χ2v) is 5.04. The van der Waals surface area contributed by atoms with E-state index >= 15 is 0 Å². The first-order valence-electron chi connectivity index (χ1n) is 6.82. The summed E-state index contributed by atoms with van der Waals surface area (Å²) in [7, 11) is 0. The van der Waals surface area contributed by atoms with Crippen LogP contribution in [0.1, 0.15) is 44.7 Å². The fourth-order valence-electron chi connectivity index (χ4n) is 2.07. The number of amides is 1. The predicted molar refractivity (Wildman–Crippen MR) is 73.2 cm³/mol. The maximum Gasteiger partial charge on any atom is 0.237 e. The van der Waals surface area contributed by atoms with Gasteiger partial charge in [-0.3, -0.25) is 10.1 Å². The molecular formula is C15H22N2O. The molecule has 1 saturated carbocycles. The minimum atomic E-state index is -0.143. The van der Waals surface area contributed by atoms with E-state index in [1.54, 1.807) is 0 Å². The maximum atomic E-state index is 11.9. The molecule has 1 aromatic carbocycles. The minimum Gasteiger partial charge on any atom is -0.352 e. The Labute approximate surface area is 109 Å². The number of rotatable bonds is 6. The van der Waals surface area contributed by atoms with Crippen LogP contribution in [-0.2, 0) is 4.79 Å². The lowest BCUT2D eigenvalue weighted by Gasteiger charge is -2.22. The highest BCUT2D eigenvalue weighted by atomic mass is 16.2. The highest BCUT2D eigenvalue weighted by molar-refractivity contribution is 5.81. The van der Waals surface area contributed by atoms with E-state index in [0.717, 1.165) is 19.3 Å². The topological polar surface area (TPSA) is 41.1 Å². The van der Waals surface area contributed by atoms with Crippen LogP contribution in [0.5, 0.6) is 0 Å². The molecular weight excluding hydrogens is 224 g/mol. The lowest BCUT2D eigenvalue weighted by atomic mass is 10.0. The first kappa shape index (κ1) is 13.1. The van der Waals surface area contributed by atoms with Crippen molar-refractivity contribution in [3.05, 3.63) is 35.9 Å². The van der Waals surface area contributed by atoms with Crippen LogP contribution < -0.4 is 10.6 Å². The molecule has 2 N–H and O–H groups in total. The van der Waals surface area contributed by atoms with E-state index in [1.807, 2.05) is 25.1 Å². The molecule has 0 spiro atoms. The number of carbonyl (C=O) groups is 1. The Balaban J connectivity index is 1.90. The van der Waals surface area contributed by atoms with Crippen molar-refractivity contribution in [2.75, 3.05) is 0 Å². The number of nitrogens with one attached hydrogen (secondary N) is 2. The first-order chi connectivity index (χ1) is 8.70. The summed E-state index contributed by atoms with van der Waals surface area (Å²) in [5.74, 6) is 0.117. The van der Waals surface area contributed by atoms with Crippen molar-refractivity contribution in [1.29, 1.82) is 0 Å². The SMILES string of the molecule is CCC(NC(C)C(=O)NC1CC1)c1ccccc1. The van der Waals surface area contributed by atoms with Crippen LogP contribution in [0.4, 0.5) is 0 Å². The summed E-state index contributed by atoms with van der Waals surface area (Å²) in [5.41, 5.74) is 1.24. The molecule has 2 atom stereocenters. The smallest absolute Gasteiger partial charge is 0.237 e. The summed E-state index contributed by atoms with van der Waals surface area (Å²) in [6.45, 7) is 4.07. The van der Waals surface area contributed by atoms with Gasteiger partial charge in [0.2, 0.25) is 5.91 Å². The zero-order chi connectivity index (χ0) is 13.0. The van der Waals surface area contributed by atoms with Gasteiger partial charge in [-0.05, 0) is 31.7 Å². The molecule has 2 unspecified atom stereocenters. The van der Waals surface area contributed by atoms with Crippen molar-refractivity contribution in [1.82, 2.24) is 10.6 Å². The van der Waals surface area contributed by atoms with Crippen molar-refractivity contribution >= 4 is 5.91 Å². The largest absolute Gasteiger partial charge is 0.352 e. The van der Waals surface area contributed by atoms with Crippen molar-refractivity contribution in [2.24, 2.45) is 0 Å². The second kappa shape index (κ2) is 6.01. The summed E-state index contributed by atoms with van der Waals surface area (Å²) >= 11 is 0. The van der Waals surface area contributed by atoms with Crippen molar-refractivity contribution in [3.63, 3.8) is 0 Å². The molecule has 0 aromatic heterocycles. The lowest BCUT2D eigenvalue weighted by Crippen LogP contribution is -2.44. The molecule has 1 aliphatic rings. The normalized spacial score (nSPS) is 18.1. The first-order valence-corrected chi connectivity index (χ1v) is 6.82. The number of carbonyl (C=O) groups excluding carboxylic acids is 1. The van der Waals surface area contributed by atoms with Gasteiger partial charge < -0.3 is 5.32 Å². The molecule has 3 nitrogen and oxygen atoms in total. The van der Waals surface area contributed by atoms with Gasteiger partial charge >= 0.3 is 0 Å². The van der Waals surface area contributed by atoms with E-state index in [1.165, 1.54) is 5.56 Å². The van der Waals surface area contributed by atoms with Gasteiger partial charge in [-0.1, -0.05) is 37.3 Å². The average molecular weight is 246 g/mol. The van der Waals surface area contributed by atoms with Gasteiger partial charge in [0.1, 0.15) is 0 Å². The van der Waals surface area contributed by atoms with Crippen LogP contribution in [0.15, 0.2) is 30.3 Å². The quantitative estimate of drug-likeness (QED) is 0.809. The molecule has 0 aliphatic heterocycles. The summed E-state index contributed by atoms with van der Waals surface area (Å²) < 4.78 is 0. The summed E-state index contributed by atoms with van der Waals surface area (Å²) in [6, 6.07) is 10.8. The van der Waals surface area contributed by atoms with Gasteiger partial charge in [-0.15, -0.1) is 0 Å². The molecule has 0 bridgehead atoms. The van der Waals surface area contributed by atoms with Gasteiger partial charge in [0, 0.05) is 12.1 Å². The van der Waals surface area contributed by atoms with Gasteiger partial charge in [-0.25, -0.2) is 0 Å². The van der Waals surface area contributed by atoms with E-state index in [2.05, 4.69) is 29.7 Å². The summed E-state index contributed by atoms with van der Waals surface area (Å²) in [6.07, 6.45) is 3.24. The number of hydrogen-bond donors (Lipinski definition) is 2.